The molecule has 0 fully saturated rings. The highest BCUT2D eigenvalue weighted by Crippen LogP contribution is 2.24. The number of nitrogens with zero attached hydrogens (tertiary/aromatic N) is 2. The summed E-state index contributed by atoms with van der Waals surface area (Å²) in [6, 6.07) is 6.47. The molecule has 2 N–H and O–H groups in total. The van der Waals surface area contributed by atoms with Gasteiger partial charge in [-0.2, -0.15) is 0 Å². The first-order valence-electron chi connectivity index (χ1n) is 4.46. The smallest absolute Gasteiger partial charge is 0.238 e. The average Bonchev–Trinajstić information content (AvgIpc) is 2.29. The zero-order valence-electron chi connectivity index (χ0n) is 8.24. The van der Waals surface area contributed by atoms with Crippen molar-refractivity contribution in [2.24, 2.45) is 5.14 Å². The number of nitrogens with two attached hydrogens (primary N) is 1. The molecule has 0 bridgehead atoms. The minimum absolute atomic E-state index is 0.0739. The molecule has 2 aromatic rings. The van der Waals surface area contributed by atoms with Crippen molar-refractivity contribution in [1.82, 2.24) is 9.97 Å². The molecular formula is C10H9N3O2S. The molecule has 0 saturated carbocycles. The van der Waals surface area contributed by atoms with Crippen LogP contribution in [0.15, 0.2) is 47.9 Å². The Morgan fingerprint density at radius 2 is 1.69 bits per heavy atom. The van der Waals surface area contributed by atoms with E-state index in [1.165, 1.54) is 24.8 Å². The molecular weight excluding hydrogens is 226 g/mol. The van der Waals surface area contributed by atoms with Crippen molar-refractivity contribution in [2.45, 2.75) is 4.90 Å². The zero-order chi connectivity index (χ0) is 11.6. The lowest BCUT2D eigenvalue weighted by Crippen LogP contribution is -2.13. The standard InChI is InChI=1S/C10H9N3O2S/c11-16(14,15)10-4-2-1-3-9(10)8-5-12-7-13-6-8/h1-7H,(H2,11,14,15). The maximum Gasteiger partial charge on any atom is 0.238 e. The number of sulfonamides is 1. The summed E-state index contributed by atoms with van der Waals surface area (Å²) in [5.41, 5.74) is 1.12. The molecule has 0 radical (unpaired) electrons. The molecule has 0 aliphatic heterocycles. The Balaban J connectivity index is 2.68. The molecule has 0 atom stereocenters. The van der Waals surface area contributed by atoms with Gasteiger partial charge >= 0.3 is 0 Å². The van der Waals surface area contributed by atoms with Gasteiger partial charge in [-0.05, 0) is 6.07 Å². The summed E-state index contributed by atoms with van der Waals surface area (Å²) >= 11 is 0. The lowest BCUT2D eigenvalue weighted by molar-refractivity contribution is 0.598. The average molecular weight is 235 g/mol. The second kappa shape index (κ2) is 3.99. The Labute approximate surface area is 93.0 Å². The first kappa shape index (κ1) is 10.7. The fourth-order valence-corrected chi connectivity index (χ4v) is 2.15. The van der Waals surface area contributed by atoms with E-state index in [9.17, 15) is 8.42 Å². The molecule has 1 heterocycles. The zero-order valence-corrected chi connectivity index (χ0v) is 9.05. The number of rotatable bonds is 2. The Bertz CT molecular complexity index is 596. The van der Waals surface area contributed by atoms with Gasteiger partial charge in [-0.15, -0.1) is 0 Å². The quantitative estimate of drug-likeness (QED) is 0.833. The van der Waals surface area contributed by atoms with Crippen molar-refractivity contribution in [3.63, 3.8) is 0 Å². The van der Waals surface area contributed by atoms with Crippen LogP contribution in [0.3, 0.4) is 0 Å². The van der Waals surface area contributed by atoms with Crippen molar-refractivity contribution in [2.75, 3.05) is 0 Å². The predicted molar refractivity (Wildman–Crippen MR) is 58.8 cm³/mol. The molecule has 0 aliphatic carbocycles. The summed E-state index contributed by atoms with van der Waals surface area (Å²) in [7, 11) is -3.74. The molecule has 16 heavy (non-hydrogen) atoms. The number of primary sulfonamides is 1. The van der Waals surface area contributed by atoms with E-state index in [1.54, 1.807) is 18.2 Å². The second-order valence-corrected chi connectivity index (χ2v) is 4.70. The summed E-state index contributed by atoms with van der Waals surface area (Å²) in [5.74, 6) is 0. The van der Waals surface area contributed by atoms with Gasteiger partial charge in [-0.3, -0.25) is 0 Å². The molecule has 82 valence electrons. The number of aromatic nitrogens is 2. The SMILES string of the molecule is NS(=O)(=O)c1ccccc1-c1cncnc1. The Morgan fingerprint density at radius 1 is 1.06 bits per heavy atom. The van der Waals surface area contributed by atoms with Gasteiger partial charge in [-0.25, -0.2) is 23.5 Å². The normalized spacial score (nSPS) is 11.3. The Hall–Kier alpha value is -1.79. The molecule has 0 spiro atoms. The number of hydrogen-bond acceptors (Lipinski definition) is 4. The fraction of sp³-hybridized carbons (Fsp3) is 0. The molecule has 0 unspecified atom stereocenters. The van der Waals surface area contributed by atoms with Gasteiger partial charge in [0.05, 0.1) is 4.90 Å². The van der Waals surface area contributed by atoms with Gasteiger partial charge in [0.1, 0.15) is 6.33 Å². The molecule has 0 saturated heterocycles. The van der Waals surface area contributed by atoms with Crippen LogP contribution in [0.25, 0.3) is 11.1 Å². The summed E-state index contributed by atoms with van der Waals surface area (Å²) < 4.78 is 22.7. The van der Waals surface area contributed by atoms with E-state index in [4.69, 9.17) is 5.14 Å². The van der Waals surface area contributed by atoms with E-state index < -0.39 is 10.0 Å². The summed E-state index contributed by atoms with van der Waals surface area (Å²) in [5, 5.41) is 5.13. The van der Waals surface area contributed by atoms with E-state index >= 15 is 0 Å². The van der Waals surface area contributed by atoms with Crippen molar-refractivity contribution in [1.29, 1.82) is 0 Å². The maximum absolute atomic E-state index is 11.4. The van der Waals surface area contributed by atoms with Crippen molar-refractivity contribution in [3.8, 4) is 11.1 Å². The highest BCUT2D eigenvalue weighted by atomic mass is 32.2. The van der Waals surface area contributed by atoms with Crippen LogP contribution in [0.5, 0.6) is 0 Å². The summed E-state index contributed by atoms with van der Waals surface area (Å²) in [6.45, 7) is 0. The fourth-order valence-electron chi connectivity index (χ4n) is 1.39. The van der Waals surface area contributed by atoms with E-state index in [0.29, 0.717) is 11.1 Å². The van der Waals surface area contributed by atoms with Crippen LogP contribution in [-0.2, 0) is 10.0 Å². The van der Waals surface area contributed by atoms with E-state index in [2.05, 4.69) is 9.97 Å². The molecule has 2 rings (SSSR count). The van der Waals surface area contributed by atoms with Gasteiger partial charge in [0.15, 0.2) is 0 Å². The van der Waals surface area contributed by atoms with E-state index in [-0.39, 0.29) is 4.90 Å². The van der Waals surface area contributed by atoms with Crippen LogP contribution < -0.4 is 5.14 Å². The van der Waals surface area contributed by atoms with Crippen molar-refractivity contribution < 1.29 is 8.42 Å². The van der Waals surface area contributed by atoms with E-state index in [0.717, 1.165) is 0 Å². The molecule has 0 aliphatic rings. The van der Waals surface area contributed by atoms with Crippen LogP contribution >= 0.6 is 0 Å². The third-order valence-corrected chi connectivity index (χ3v) is 3.03. The first-order valence-corrected chi connectivity index (χ1v) is 6.01. The van der Waals surface area contributed by atoms with Crippen LogP contribution in [-0.4, -0.2) is 18.4 Å². The first-order chi connectivity index (χ1) is 7.59. The molecule has 5 nitrogen and oxygen atoms in total. The molecule has 1 aromatic carbocycles. The lowest BCUT2D eigenvalue weighted by atomic mass is 10.1. The maximum atomic E-state index is 11.4. The molecule has 1 aromatic heterocycles. The Kier molecular flexibility index (Phi) is 2.67. The number of benzene rings is 1. The van der Waals surface area contributed by atoms with Gasteiger partial charge in [0.2, 0.25) is 10.0 Å². The van der Waals surface area contributed by atoms with Crippen molar-refractivity contribution in [3.05, 3.63) is 43.0 Å². The predicted octanol–water partition coefficient (Wildman–Crippen LogP) is 0.791. The third-order valence-electron chi connectivity index (χ3n) is 2.07. The highest BCUT2D eigenvalue weighted by molar-refractivity contribution is 7.89. The van der Waals surface area contributed by atoms with Gasteiger partial charge < -0.3 is 0 Å². The van der Waals surface area contributed by atoms with Gasteiger partial charge in [0, 0.05) is 23.5 Å². The minimum atomic E-state index is -3.74. The molecule has 0 amide bonds. The third kappa shape index (κ3) is 2.07. The largest absolute Gasteiger partial charge is 0.244 e. The van der Waals surface area contributed by atoms with Crippen LogP contribution in [0.4, 0.5) is 0 Å². The minimum Gasteiger partial charge on any atom is -0.244 e. The second-order valence-electron chi connectivity index (χ2n) is 3.17. The van der Waals surface area contributed by atoms with Gasteiger partial charge in [0.25, 0.3) is 0 Å². The Morgan fingerprint density at radius 3 is 2.31 bits per heavy atom. The topological polar surface area (TPSA) is 85.9 Å². The van der Waals surface area contributed by atoms with Crippen LogP contribution in [0, 0.1) is 0 Å². The molecule has 6 heteroatoms. The van der Waals surface area contributed by atoms with Crippen LogP contribution in [0.1, 0.15) is 0 Å². The lowest BCUT2D eigenvalue weighted by Gasteiger charge is -2.06. The van der Waals surface area contributed by atoms with Crippen molar-refractivity contribution >= 4 is 10.0 Å². The van der Waals surface area contributed by atoms with E-state index in [1.807, 2.05) is 0 Å². The summed E-state index contributed by atoms with van der Waals surface area (Å²) in [6.07, 6.45) is 4.46. The van der Waals surface area contributed by atoms with Crippen LogP contribution in [0.2, 0.25) is 0 Å². The number of hydrogen-bond donors (Lipinski definition) is 1. The monoisotopic (exact) mass is 235 g/mol. The highest BCUT2D eigenvalue weighted by Gasteiger charge is 2.14. The summed E-state index contributed by atoms with van der Waals surface area (Å²) in [4.78, 5) is 7.75. The van der Waals surface area contributed by atoms with Gasteiger partial charge in [-0.1, -0.05) is 18.2 Å².